The predicted octanol–water partition coefficient (Wildman–Crippen LogP) is 1.20. The molecule has 2 aromatic rings. The van der Waals surface area contributed by atoms with Gasteiger partial charge in [0.05, 0.1) is 6.10 Å². The molecule has 3 heterocycles. The van der Waals surface area contributed by atoms with Crippen LogP contribution < -0.4 is 0 Å². The van der Waals surface area contributed by atoms with Crippen molar-refractivity contribution in [1.82, 2.24) is 19.9 Å². The van der Waals surface area contributed by atoms with Crippen LogP contribution in [0.4, 0.5) is 0 Å². The maximum atomic E-state index is 12.3. The van der Waals surface area contributed by atoms with Crippen molar-refractivity contribution in [3.8, 4) is 10.8 Å². The van der Waals surface area contributed by atoms with Crippen LogP contribution in [0, 0.1) is 0 Å². The number of carbonyl (C=O) groups is 1. The highest BCUT2D eigenvalue weighted by molar-refractivity contribution is 7.13. The molecule has 1 unspecified atom stereocenters. The Morgan fingerprint density at radius 3 is 2.95 bits per heavy atom. The summed E-state index contributed by atoms with van der Waals surface area (Å²) in [6, 6.07) is 1.73. The molecule has 0 aliphatic carbocycles. The Morgan fingerprint density at radius 1 is 1.40 bits per heavy atom. The molecule has 1 aliphatic heterocycles. The van der Waals surface area contributed by atoms with Gasteiger partial charge in [-0.05, 0) is 18.9 Å². The van der Waals surface area contributed by atoms with Crippen molar-refractivity contribution in [2.45, 2.75) is 18.9 Å². The van der Waals surface area contributed by atoms with E-state index in [2.05, 4.69) is 15.0 Å². The van der Waals surface area contributed by atoms with Crippen LogP contribution in [-0.2, 0) is 0 Å². The molecule has 1 N–H and O–H groups in total. The lowest BCUT2D eigenvalue weighted by molar-refractivity contribution is 0.0469. The largest absolute Gasteiger partial charge is 0.391 e. The monoisotopic (exact) mass is 290 g/mol. The highest BCUT2D eigenvalue weighted by Gasteiger charge is 2.25. The summed E-state index contributed by atoms with van der Waals surface area (Å²) in [5.74, 6) is 0.386. The first-order valence-electron chi connectivity index (χ1n) is 6.44. The number of aromatic nitrogens is 3. The fourth-order valence-electron chi connectivity index (χ4n) is 2.19. The van der Waals surface area contributed by atoms with Gasteiger partial charge in [0.2, 0.25) is 0 Å². The Kier molecular flexibility index (Phi) is 3.70. The molecular formula is C13H14N4O2S. The Balaban J connectivity index is 1.78. The zero-order valence-electron chi connectivity index (χ0n) is 10.8. The minimum atomic E-state index is -0.428. The standard InChI is InChI=1S/C13H14N4O2S/c18-9-3-1-6-17(7-9)13(19)10-8-20-12(16-10)11-14-4-2-5-15-11/h2,4-5,8-9,18H,1,3,6-7H2. The second-order valence-corrected chi connectivity index (χ2v) is 5.52. The smallest absolute Gasteiger partial charge is 0.273 e. The molecule has 0 radical (unpaired) electrons. The Labute approximate surface area is 120 Å². The number of carbonyl (C=O) groups excluding carboxylic acids is 1. The third-order valence-electron chi connectivity index (χ3n) is 3.16. The number of rotatable bonds is 2. The highest BCUT2D eigenvalue weighted by atomic mass is 32.1. The Morgan fingerprint density at radius 2 is 2.20 bits per heavy atom. The van der Waals surface area contributed by atoms with Gasteiger partial charge in [-0.25, -0.2) is 15.0 Å². The summed E-state index contributed by atoms with van der Waals surface area (Å²) in [5.41, 5.74) is 0.395. The normalized spacial score (nSPS) is 19.1. The fraction of sp³-hybridized carbons (Fsp3) is 0.385. The highest BCUT2D eigenvalue weighted by Crippen LogP contribution is 2.21. The lowest BCUT2D eigenvalue weighted by atomic mass is 10.1. The second-order valence-electron chi connectivity index (χ2n) is 4.66. The van der Waals surface area contributed by atoms with Gasteiger partial charge in [-0.3, -0.25) is 4.79 Å². The number of nitrogens with zero attached hydrogens (tertiary/aromatic N) is 4. The van der Waals surface area contributed by atoms with Crippen LogP contribution in [0.5, 0.6) is 0 Å². The van der Waals surface area contributed by atoms with E-state index in [1.165, 1.54) is 11.3 Å². The van der Waals surface area contributed by atoms with Gasteiger partial charge in [0.15, 0.2) is 10.8 Å². The summed E-state index contributed by atoms with van der Waals surface area (Å²) in [6.45, 7) is 1.05. The maximum Gasteiger partial charge on any atom is 0.273 e. The van der Waals surface area contributed by atoms with E-state index in [1.54, 1.807) is 28.7 Å². The number of piperidine rings is 1. The van der Waals surface area contributed by atoms with E-state index < -0.39 is 6.10 Å². The van der Waals surface area contributed by atoms with Crippen LogP contribution in [-0.4, -0.2) is 50.1 Å². The average molecular weight is 290 g/mol. The molecule has 0 saturated carbocycles. The molecule has 1 atom stereocenters. The summed E-state index contributed by atoms with van der Waals surface area (Å²) < 4.78 is 0. The van der Waals surface area contributed by atoms with Crippen molar-refractivity contribution in [1.29, 1.82) is 0 Å². The predicted molar refractivity (Wildman–Crippen MR) is 74.3 cm³/mol. The van der Waals surface area contributed by atoms with E-state index in [1.807, 2.05) is 0 Å². The van der Waals surface area contributed by atoms with Gasteiger partial charge in [-0.2, -0.15) is 0 Å². The number of aliphatic hydroxyl groups excluding tert-OH is 1. The molecule has 1 saturated heterocycles. The quantitative estimate of drug-likeness (QED) is 0.899. The van der Waals surface area contributed by atoms with Crippen LogP contribution in [0.2, 0.25) is 0 Å². The molecule has 6 nitrogen and oxygen atoms in total. The van der Waals surface area contributed by atoms with Crippen molar-refractivity contribution >= 4 is 17.2 Å². The number of likely N-dealkylation sites (tertiary alicyclic amines) is 1. The summed E-state index contributed by atoms with van der Waals surface area (Å²) in [6.07, 6.45) is 4.44. The molecule has 0 aromatic carbocycles. The van der Waals surface area contributed by atoms with Gasteiger partial charge in [-0.15, -0.1) is 11.3 Å². The molecule has 3 rings (SSSR count). The van der Waals surface area contributed by atoms with Crippen LogP contribution >= 0.6 is 11.3 Å². The van der Waals surface area contributed by atoms with Crippen LogP contribution in [0.15, 0.2) is 23.8 Å². The third-order valence-corrected chi connectivity index (χ3v) is 4.00. The Bertz CT molecular complexity index is 601. The SMILES string of the molecule is O=C(c1csc(-c2ncccn2)n1)N1CCCC(O)C1. The number of β-amino-alcohol motifs (C(OH)–C–C–N with tert-alkyl or cyclic N) is 1. The van der Waals surface area contributed by atoms with Crippen molar-refractivity contribution < 1.29 is 9.90 Å². The summed E-state index contributed by atoms with van der Waals surface area (Å²) >= 11 is 1.35. The minimum Gasteiger partial charge on any atom is -0.391 e. The average Bonchev–Trinajstić information content (AvgIpc) is 2.97. The van der Waals surface area contributed by atoms with Crippen molar-refractivity contribution in [3.63, 3.8) is 0 Å². The molecule has 0 bridgehead atoms. The van der Waals surface area contributed by atoms with E-state index in [9.17, 15) is 9.90 Å². The lowest BCUT2D eigenvalue weighted by Gasteiger charge is -2.29. The zero-order valence-corrected chi connectivity index (χ0v) is 11.6. The van der Waals surface area contributed by atoms with E-state index in [0.717, 1.165) is 12.8 Å². The number of hydrogen-bond acceptors (Lipinski definition) is 6. The van der Waals surface area contributed by atoms with E-state index >= 15 is 0 Å². The minimum absolute atomic E-state index is 0.137. The third kappa shape index (κ3) is 2.68. The first kappa shape index (κ1) is 13.1. The first-order valence-corrected chi connectivity index (χ1v) is 7.32. The molecule has 0 spiro atoms. The van der Waals surface area contributed by atoms with E-state index in [4.69, 9.17) is 0 Å². The molecule has 7 heteroatoms. The lowest BCUT2D eigenvalue weighted by Crippen LogP contribution is -2.42. The van der Waals surface area contributed by atoms with E-state index in [-0.39, 0.29) is 5.91 Å². The zero-order chi connectivity index (χ0) is 13.9. The Hall–Kier alpha value is -1.86. The van der Waals surface area contributed by atoms with Crippen molar-refractivity contribution in [2.24, 2.45) is 0 Å². The van der Waals surface area contributed by atoms with Gasteiger partial charge in [0.25, 0.3) is 5.91 Å². The molecular weight excluding hydrogens is 276 g/mol. The number of thiazole rings is 1. The first-order chi connectivity index (χ1) is 9.74. The molecule has 1 fully saturated rings. The van der Waals surface area contributed by atoms with Gasteiger partial charge in [0.1, 0.15) is 5.69 Å². The van der Waals surface area contributed by atoms with Gasteiger partial charge >= 0.3 is 0 Å². The van der Waals surface area contributed by atoms with Crippen LogP contribution in [0.25, 0.3) is 10.8 Å². The fourth-order valence-corrected chi connectivity index (χ4v) is 2.92. The summed E-state index contributed by atoms with van der Waals surface area (Å²) in [5, 5.41) is 12.0. The number of aliphatic hydroxyl groups is 1. The maximum absolute atomic E-state index is 12.3. The molecule has 20 heavy (non-hydrogen) atoms. The number of hydrogen-bond donors (Lipinski definition) is 1. The summed E-state index contributed by atoms with van der Waals surface area (Å²) in [4.78, 5) is 26.5. The van der Waals surface area contributed by atoms with Crippen molar-refractivity contribution in [3.05, 3.63) is 29.5 Å². The van der Waals surface area contributed by atoms with Gasteiger partial charge in [-0.1, -0.05) is 0 Å². The second kappa shape index (κ2) is 5.64. The molecule has 1 aliphatic rings. The molecule has 2 aromatic heterocycles. The van der Waals surface area contributed by atoms with Gasteiger partial charge < -0.3 is 10.0 Å². The molecule has 1 amide bonds. The summed E-state index contributed by atoms with van der Waals surface area (Å²) in [7, 11) is 0. The topological polar surface area (TPSA) is 79.2 Å². The van der Waals surface area contributed by atoms with Crippen LogP contribution in [0.1, 0.15) is 23.3 Å². The van der Waals surface area contributed by atoms with Crippen molar-refractivity contribution in [2.75, 3.05) is 13.1 Å². The molecule has 104 valence electrons. The van der Waals surface area contributed by atoms with Crippen LogP contribution in [0.3, 0.4) is 0 Å². The van der Waals surface area contributed by atoms with Gasteiger partial charge in [0, 0.05) is 30.9 Å². The number of amides is 1. The van der Waals surface area contributed by atoms with E-state index in [0.29, 0.717) is 29.6 Å².